The van der Waals surface area contributed by atoms with Crippen LogP contribution in [0, 0.1) is 0 Å². The Morgan fingerprint density at radius 1 is 1.35 bits per heavy atom. The van der Waals surface area contributed by atoms with Crippen LogP contribution in [0.25, 0.3) is 0 Å². The number of hydrogen-bond acceptors (Lipinski definition) is 5. The molecule has 0 aromatic rings. The number of carbonyl (C=O) groups excluding carboxylic acids is 3. The summed E-state index contributed by atoms with van der Waals surface area (Å²) < 4.78 is 0. The standard InChI is InChI=1S/C12H23N5O3/c1-8(10(18)15-12(20)13-2)17-6-5-14-7-9(17)11(19)16(3)4/h8-9,14H,5-7H2,1-4H3,(H2,13,15,18,20). The minimum Gasteiger partial charge on any atom is -0.347 e. The van der Waals surface area contributed by atoms with Crippen LogP contribution in [0.3, 0.4) is 0 Å². The zero-order valence-electron chi connectivity index (χ0n) is 12.4. The number of hydrogen-bond donors (Lipinski definition) is 3. The summed E-state index contributed by atoms with van der Waals surface area (Å²) in [5.74, 6) is -0.473. The maximum absolute atomic E-state index is 12.1. The first-order chi connectivity index (χ1) is 9.38. The predicted molar refractivity (Wildman–Crippen MR) is 74.1 cm³/mol. The number of imide groups is 1. The lowest BCUT2D eigenvalue weighted by molar-refractivity contribution is -0.138. The van der Waals surface area contributed by atoms with E-state index in [1.54, 1.807) is 21.0 Å². The molecule has 1 aliphatic rings. The highest BCUT2D eigenvalue weighted by Crippen LogP contribution is 2.11. The summed E-state index contributed by atoms with van der Waals surface area (Å²) in [5, 5.41) is 7.71. The molecule has 1 rings (SSSR count). The molecule has 114 valence electrons. The van der Waals surface area contributed by atoms with Crippen molar-refractivity contribution in [1.29, 1.82) is 0 Å². The molecule has 0 spiro atoms. The lowest BCUT2D eigenvalue weighted by Gasteiger charge is -2.39. The van der Waals surface area contributed by atoms with Gasteiger partial charge >= 0.3 is 6.03 Å². The molecular formula is C12H23N5O3. The van der Waals surface area contributed by atoms with Crippen LogP contribution in [0.2, 0.25) is 0 Å². The first-order valence-corrected chi connectivity index (χ1v) is 6.58. The van der Waals surface area contributed by atoms with Crippen molar-refractivity contribution in [1.82, 2.24) is 25.8 Å². The summed E-state index contributed by atoms with van der Waals surface area (Å²) in [6.45, 7) is 3.47. The van der Waals surface area contributed by atoms with E-state index in [4.69, 9.17) is 0 Å². The van der Waals surface area contributed by atoms with Crippen molar-refractivity contribution in [2.75, 3.05) is 40.8 Å². The second-order valence-electron chi connectivity index (χ2n) is 4.93. The van der Waals surface area contributed by atoms with E-state index < -0.39 is 24.0 Å². The van der Waals surface area contributed by atoms with Crippen molar-refractivity contribution in [3.8, 4) is 0 Å². The number of piperazine rings is 1. The van der Waals surface area contributed by atoms with Crippen LogP contribution in [0.5, 0.6) is 0 Å². The molecule has 20 heavy (non-hydrogen) atoms. The third-order valence-electron chi connectivity index (χ3n) is 3.35. The quantitative estimate of drug-likeness (QED) is 0.568. The van der Waals surface area contributed by atoms with E-state index in [0.29, 0.717) is 19.6 Å². The molecule has 1 saturated heterocycles. The van der Waals surface area contributed by atoms with E-state index in [9.17, 15) is 14.4 Å². The van der Waals surface area contributed by atoms with Gasteiger partial charge in [0.05, 0.1) is 6.04 Å². The van der Waals surface area contributed by atoms with Crippen molar-refractivity contribution < 1.29 is 14.4 Å². The first kappa shape index (κ1) is 16.4. The molecule has 2 unspecified atom stereocenters. The van der Waals surface area contributed by atoms with Crippen molar-refractivity contribution >= 4 is 17.8 Å². The van der Waals surface area contributed by atoms with E-state index in [1.807, 2.05) is 4.90 Å². The van der Waals surface area contributed by atoms with Crippen LogP contribution in [-0.2, 0) is 9.59 Å². The number of rotatable bonds is 3. The fourth-order valence-corrected chi connectivity index (χ4v) is 2.14. The van der Waals surface area contributed by atoms with E-state index >= 15 is 0 Å². The van der Waals surface area contributed by atoms with Crippen molar-refractivity contribution in [3.63, 3.8) is 0 Å². The molecule has 0 bridgehead atoms. The minimum atomic E-state index is -0.553. The van der Waals surface area contributed by atoms with E-state index in [2.05, 4.69) is 16.0 Å². The summed E-state index contributed by atoms with van der Waals surface area (Å²) in [6, 6.07) is -1.50. The zero-order chi connectivity index (χ0) is 15.3. The maximum Gasteiger partial charge on any atom is 0.321 e. The monoisotopic (exact) mass is 285 g/mol. The average Bonchev–Trinajstić information content (AvgIpc) is 2.45. The summed E-state index contributed by atoms with van der Waals surface area (Å²) in [6.07, 6.45) is 0. The third-order valence-corrected chi connectivity index (χ3v) is 3.35. The summed E-state index contributed by atoms with van der Waals surface area (Å²) in [7, 11) is 4.81. The Morgan fingerprint density at radius 2 is 2.00 bits per heavy atom. The lowest BCUT2D eigenvalue weighted by Crippen LogP contribution is -2.63. The summed E-state index contributed by atoms with van der Waals surface area (Å²) in [4.78, 5) is 38.6. The molecule has 3 N–H and O–H groups in total. The highest BCUT2D eigenvalue weighted by molar-refractivity contribution is 5.97. The van der Waals surface area contributed by atoms with Crippen molar-refractivity contribution in [2.45, 2.75) is 19.0 Å². The Kier molecular flexibility index (Phi) is 5.90. The van der Waals surface area contributed by atoms with Gasteiger partial charge in [-0.25, -0.2) is 4.79 Å². The van der Waals surface area contributed by atoms with Gasteiger partial charge in [-0.1, -0.05) is 0 Å². The third kappa shape index (κ3) is 3.91. The number of carbonyl (C=O) groups is 3. The largest absolute Gasteiger partial charge is 0.347 e. The molecule has 8 nitrogen and oxygen atoms in total. The SMILES string of the molecule is CNC(=O)NC(=O)C(C)N1CCNCC1C(=O)N(C)C. The van der Waals surface area contributed by atoms with Crippen LogP contribution in [0.15, 0.2) is 0 Å². The first-order valence-electron chi connectivity index (χ1n) is 6.58. The molecule has 0 radical (unpaired) electrons. The summed E-state index contributed by atoms with van der Waals surface area (Å²) in [5.41, 5.74) is 0. The lowest BCUT2D eigenvalue weighted by atomic mass is 10.1. The van der Waals surface area contributed by atoms with Crippen molar-refractivity contribution in [2.24, 2.45) is 0 Å². The Morgan fingerprint density at radius 3 is 2.55 bits per heavy atom. The van der Waals surface area contributed by atoms with Crippen LogP contribution < -0.4 is 16.0 Å². The van der Waals surface area contributed by atoms with Crippen LogP contribution in [0.4, 0.5) is 4.79 Å². The molecule has 0 aromatic carbocycles. The normalized spacial score (nSPS) is 20.9. The molecule has 4 amide bonds. The molecule has 1 heterocycles. The number of likely N-dealkylation sites (N-methyl/N-ethyl adjacent to an activating group) is 1. The van der Waals surface area contributed by atoms with E-state index in [1.165, 1.54) is 11.9 Å². The van der Waals surface area contributed by atoms with Gasteiger partial charge in [0.2, 0.25) is 11.8 Å². The fraction of sp³-hybridized carbons (Fsp3) is 0.750. The van der Waals surface area contributed by atoms with Crippen LogP contribution in [-0.4, -0.2) is 80.5 Å². The molecule has 0 aromatic heterocycles. The molecule has 0 saturated carbocycles. The molecule has 1 fully saturated rings. The maximum atomic E-state index is 12.1. The highest BCUT2D eigenvalue weighted by atomic mass is 16.2. The fourth-order valence-electron chi connectivity index (χ4n) is 2.14. The summed E-state index contributed by atoms with van der Waals surface area (Å²) >= 11 is 0. The zero-order valence-corrected chi connectivity index (χ0v) is 12.4. The van der Waals surface area contributed by atoms with Crippen molar-refractivity contribution in [3.05, 3.63) is 0 Å². The van der Waals surface area contributed by atoms with Gasteiger partial charge in [0.25, 0.3) is 0 Å². The van der Waals surface area contributed by atoms with Gasteiger partial charge < -0.3 is 15.5 Å². The topological polar surface area (TPSA) is 93.8 Å². The van der Waals surface area contributed by atoms with Gasteiger partial charge in [-0.3, -0.25) is 19.8 Å². The molecule has 1 aliphatic heterocycles. The number of urea groups is 1. The molecule has 2 atom stereocenters. The Bertz CT molecular complexity index is 385. The number of nitrogens with zero attached hydrogens (tertiary/aromatic N) is 2. The van der Waals surface area contributed by atoms with Gasteiger partial charge in [0, 0.05) is 40.8 Å². The second-order valence-corrected chi connectivity index (χ2v) is 4.93. The molecule has 0 aliphatic carbocycles. The van der Waals surface area contributed by atoms with Crippen LogP contribution >= 0.6 is 0 Å². The Balaban J connectivity index is 2.76. The Labute approximate surface area is 118 Å². The predicted octanol–water partition coefficient (Wildman–Crippen LogP) is -1.81. The second kappa shape index (κ2) is 7.20. The highest BCUT2D eigenvalue weighted by Gasteiger charge is 2.35. The molecule has 8 heteroatoms. The van der Waals surface area contributed by atoms with Gasteiger partial charge in [-0.05, 0) is 6.92 Å². The number of nitrogens with one attached hydrogen (secondary N) is 3. The van der Waals surface area contributed by atoms with Gasteiger partial charge in [-0.2, -0.15) is 0 Å². The molecular weight excluding hydrogens is 262 g/mol. The minimum absolute atomic E-state index is 0.0585. The van der Waals surface area contributed by atoms with E-state index in [-0.39, 0.29) is 5.91 Å². The van der Waals surface area contributed by atoms with Crippen LogP contribution in [0.1, 0.15) is 6.92 Å². The van der Waals surface area contributed by atoms with Gasteiger partial charge in [0.15, 0.2) is 0 Å². The van der Waals surface area contributed by atoms with Gasteiger partial charge in [-0.15, -0.1) is 0 Å². The number of amides is 4. The van der Waals surface area contributed by atoms with Gasteiger partial charge in [0.1, 0.15) is 6.04 Å². The van der Waals surface area contributed by atoms with E-state index in [0.717, 1.165) is 0 Å². The smallest absolute Gasteiger partial charge is 0.321 e. The average molecular weight is 285 g/mol. The Hall–Kier alpha value is -1.67.